The maximum absolute atomic E-state index is 11.6. The Morgan fingerprint density at radius 2 is 1.67 bits per heavy atom. The minimum absolute atomic E-state index is 0.0266. The molecule has 21 heavy (non-hydrogen) atoms. The van der Waals surface area contributed by atoms with Gasteiger partial charge >= 0.3 is 6.09 Å². The van der Waals surface area contributed by atoms with Crippen LogP contribution in [0.25, 0.3) is 10.4 Å². The molecule has 0 spiro atoms. The lowest BCUT2D eigenvalue weighted by atomic mass is 10.2. The van der Waals surface area contributed by atoms with E-state index in [1.54, 1.807) is 54.6 Å². The number of azide groups is 1. The number of amidine groups is 1. The largest absolute Gasteiger partial charge is 0.437 e. The van der Waals surface area contributed by atoms with Gasteiger partial charge in [-0.3, -0.25) is 10.2 Å². The van der Waals surface area contributed by atoms with Crippen molar-refractivity contribution in [2.75, 3.05) is 5.32 Å². The van der Waals surface area contributed by atoms with Crippen LogP contribution in [0.5, 0.6) is 0 Å². The van der Waals surface area contributed by atoms with E-state index in [4.69, 9.17) is 5.53 Å². The van der Waals surface area contributed by atoms with Crippen molar-refractivity contribution in [1.29, 1.82) is 0 Å². The number of oxime groups is 1. The zero-order chi connectivity index (χ0) is 14.9. The van der Waals surface area contributed by atoms with Crippen LogP contribution in [0.15, 0.2) is 70.9 Å². The molecule has 1 amide bonds. The van der Waals surface area contributed by atoms with Crippen LogP contribution in [-0.4, -0.2) is 11.9 Å². The van der Waals surface area contributed by atoms with Gasteiger partial charge in [0.2, 0.25) is 0 Å². The maximum atomic E-state index is 11.6. The number of carbonyl (C=O) groups excluding carboxylic acids is 1. The van der Waals surface area contributed by atoms with Crippen molar-refractivity contribution in [1.82, 2.24) is 0 Å². The molecule has 7 heteroatoms. The number of hydrogen-bond acceptors (Lipinski definition) is 3. The van der Waals surface area contributed by atoms with Gasteiger partial charge < -0.3 is 0 Å². The average molecular weight is 281 g/mol. The highest BCUT2D eigenvalue weighted by atomic mass is 16.7. The molecule has 0 aliphatic carbocycles. The maximum Gasteiger partial charge on any atom is 0.437 e. The third-order valence-electron chi connectivity index (χ3n) is 2.41. The van der Waals surface area contributed by atoms with Crippen LogP contribution in [0.1, 0.15) is 5.56 Å². The molecule has 0 fully saturated rings. The van der Waals surface area contributed by atoms with Crippen LogP contribution in [-0.2, 0) is 4.84 Å². The Morgan fingerprint density at radius 1 is 1.05 bits per heavy atom. The predicted molar refractivity (Wildman–Crippen MR) is 78.7 cm³/mol. The van der Waals surface area contributed by atoms with Crippen molar-refractivity contribution in [2.45, 2.75) is 0 Å². The Balaban J connectivity index is 2.06. The number of hydrogen-bond donors (Lipinski definition) is 1. The molecule has 0 radical (unpaired) electrons. The zero-order valence-electron chi connectivity index (χ0n) is 10.9. The Labute approximate surface area is 120 Å². The number of rotatable bonds is 3. The Hall–Kier alpha value is -3.31. The summed E-state index contributed by atoms with van der Waals surface area (Å²) in [6.07, 6.45) is -0.775. The van der Waals surface area contributed by atoms with Gasteiger partial charge in [-0.15, -0.1) is 0 Å². The first-order valence-electron chi connectivity index (χ1n) is 6.01. The molecule has 0 aliphatic rings. The van der Waals surface area contributed by atoms with Gasteiger partial charge in [-0.2, -0.15) is 0 Å². The smallest absolute Gasteiger partial charge is 0.297 e. The number of amides is 1. The van der Waals surface area contributed by atoms with Crippen molar-refractivity contribution >= 4 is 17.6 Å². The van der Waals surface area contributed by atoms with Crippen molar-refractivity contribution in [3.63, 3.8) is 0 Å². The Morgan fingerprint density at radius 3 is 2.29 bits per heavy atom. The van der Waals surface area contributed by atoms with Gasteiger partial charge in [0.25, 0.3) is 0 Å². The zero-order valence-corrected chi connectivity index (χ0v) is 10.9. The van der Waals surface area contributed by atoms with Crippen LogP contribution in [0, 0.1) is 0 Å². The molecule has 0 saturated carbocycles. The highest BCUT2D eigenvalue weighted by Gasteiger charge is 2.05. The van der Waals surface area contributed by atoms with E-state index >= 15 is 0 Å². The van der Waals surface area contributed by atoms with Crippen LogP contribution < -0.4 is 5.32 Å². The lowest BCUT2D eigenvalue weighted by molar-refractivity contribution is 0.166. The highest BCUT2D eigenvalue weighted by Crippen LogP contribution is 2.07. The van der Waals surface area contributed by atoms with E-state index in [1.165, 1.54) is 0 Å². The fourth-order valence-electron chi connectivity index (χ4n) is 1.51. The first-order chi connectivity index (χ1) is 10.3. The Bertz CT molecular complexity index is 679. The molecule has 0 aliphatic heterocycles. The lowest BCUT2D eigenvalue weighted by Crippen LogP contribution is -2.12. The minimum atomic E-state index is -0.775. The molecule has 7 nitrogen and oxygen atoms in total. The van der Waals surface area contributed by atoms with Gasteiger partial charge in [-0.05, 0) is 22.8 Å². The summed E-state index contributed by atoms with van der Waals surface area (Å²) in [5.41, 5.74) is 9.64. The van der Waals surface area contributed by atoms with E-state index in [9.17, 15) is 4.79 Å². The average Bonchev–Trinajstić information content (AvgIpc) is 2.53. The van der Waals surface area contributed by atoms with Gasteiger partial charge in [0.1, 0.15) is 0 Å². The molecule has 0 bridgehead atoms. The van der Waals surface area contributed by atoms with Crippen LogP contribution >= 0.6 is 0 Å². The van der Waals surface area contributed by atoms with Gasteiger partial charge in [0.15, 0.2) is 5.84 Å². The van der Waals surface area contributed by atoms with E-state index in [0.29, 0.717) is 11.3 Å². The fraction of sp³-hybridized carbons (Fsp3) is 0. The monoisotopic (exact) mass is 281 g/mol. The molecule has 2 aromatic rings. The number of carbonyl (C=O) groups is 1. The van der Waals surface area contributed by atoms with Crippen LogP contribution in [0.3, 0.4) is 0 Å². The number of benzene rings is 2. The first-order valence-corrected chi connectivity index (χ1v) is 6.01. The second-order valence-electron chi connectivity index (χ2n) is 3.84. The molecule has 2 aromatic carbocycles. The van der Waals surface area contributed by atoms with E-state index < -0.39 is 6.09 Å². The summed E-state index contributed by atoms with van der Waals surface area (Å²) in [7, 11) is 0. The fourth-order valence-corrected chi connectivity index (χ4v) is 1.51. The van der Waals surface area contributed by atoms with Gasteiger partial charge in [-0.1, -0.05) is 53.7 Å². The molecular formula is C14H11N5O2. The Kier molecular flexibility index (Phi) is 4.92. The van der Waals surface area contributed by atoms with Crippen LogP contribution in [0.4, 0.5) is 10.5 Å². The molecule has 104 valence electrons. The summed E-state index contributed by atoms with van der Waals surface area (Å²) in [4.78, 5) is 18.9. The number of nitrogens with zero attached hydrogens (tertiary/aromatic N) is 4. The molecule has 1 N–H and O–H groups in total. The van der Waals surface area contributed by atoms with Gasteiger partial charge in [-0.25, -0.2) is 4.79 Å². The summed E-state index contributed by atoms with van der Waals surface area (Å²) in [6.45, 7) is 0. The molecule has 0 aromatic heterocycles. The summed E-state index contributed by atoms with van der Waals surface area (Å²) in [5.74, 6) is -0.0266. The van der Waals surface area contributed by atoms with E-state index in [-0.39, 0.29) is 5.84 Å². The number of anilines is 1. The highest BCUT2D eigenvalue weighted by molar-refractivity contribution is 5.99. The minimum Gasteiger partial charge on any atom is -0.297 e. The molecule has 0 heterocycles. The summed E-state index contributed by atoms with van der Waals surface area (Å²) in [5, 5.41) is 9.45. The number of para-hydroxylation sites is 1. The molecule has 0 unspecified atom stereocenters. The molecular weight excluding hydrogens is 270 g/mol. The van der Waals surface area contributed by atoms with Crippen molar-refractivity contribution in [3.05, 3.63) is 76.7 Å². The van der Waals surface area contributed by atoms with Gasteiger partial charge in [0, 0.05) is 16.2 Å². The molecule has 0 atom stereocenters. The van der Waals surface area contributed by atoms with Gasteiger partial charge in [0.05, 0.1) is 0 Å². The van der Waals surface area contributed by atoms with E-state index in [0.717, 1.165) is 0 Å². The number of nitrogens with one attached hydrogen (secondary N) is 1. The second kappa shape index (κ2) is 7.32. The molecule has 2 rings (SSSR count). The summed E-state index contributed by atoms with van der Waals surface area (Å²) < 4.78 is 0. The third-order valence-corrected chi connectivity index (χ3v) is 2.41. The van der Waals surface area contributed by atoms with Crippen molar-refractivity contribution in [3.8, 4) is 0 Å². The molecule has 0 saturated heterocycles. The summed E-state index contributed by atoms with van der Waals surface area (Å²) in [6, 6.07) is 17.5. The quantitative estimate of drug-likeness (QED) is 0.175. The third kappa shape index (κ3) is 4.38. The van der Waals surface area contributed by atoms with Crippen molar-refractivity contribution in [2.24, 2.45) is 10.3 Å². The standard InChI is InChI=1S/C14H11N5O2/c15-19-17-13(11-7-3-1-4-8-11)18-21-14(20)16-12-9-5-2-6-10-12/h1-10H,(H,16,20)/b18-13-. The normalized spacial score (nSPS) is 10.4. The topological polar surface area (TPSA) is 99.5 Å². The SMILES string of the molecule is [N-]=[N+]=N/C(=N\OC(=O)Nc1ccccc1)c1ccccc1. The second-order valence-corrected chi connectivity index (χ2v) is 3.84. The van der Waals surface area contributed by atoms with E-state index in [2.05, 4.69) is 25.3 Å². The van der Waals surface area contributed by atoms with Crippen molar-refractivity contribution < 1.29 is 9.63 Å². The predicted octanol–water partition coefficient (Wildman–Crippen LogP) is 3.91. The van der Waals surface area contributed by atoms with E-state index in [1.807, 2.05) is 6.07 Å². The summed E-state index contributed by atoms with van der Waals surface area (Å²) >= 11 is 0. The first kappa shape index (κ1) is 14.1. The lowest BCUT2D eigenvalue weighted by Gasteiger charge is -2.03. The van der Waals surface area contributed by atoms with Crippen LogP contribution in [0.2, 0.25) is 0 Å².